The maximum Gasteiger partial charge on any atom is 0.125 e. The number of rotatable bonds is 1. The Morgan fingerprint density at radius 1 is 1.15 bits per heavy atom. The van der Waals surface area contributed by atoms with Gasteiger partial charge in [-0.1, -0.05) is 39.0 Å². The van der Waals surface area contributed by atoms with Gasteiger partial charge in [-0.15, -0.1) is 0 Å². The van der Waals surface area contributed by atoms with Crippen molar-refractivity contribution in [2.45, 2.75) is 33.1 Å². The van der Waals surface area contributed by atoms with Crippen molar-refractivity contribution in [1.29, 1.82) is 0 Å². The fourth-order valence-corrected chi connectivity index (χ4v) is 1.51. The van der Waals surface area contributed by atoms with Crippen LogP contribution in [0.25, 0.3) is 0 Å². The monoisotopic (exact) mass is 178 g/mol. The summed E-state index contributed by atoms with van der Waals surface area (Å²) in [6, 6.07) is 6.29. The highest BCUT2D eigenvalue weighted by molar-refractivity contribution is 5.44. The van der Waals surface area contributed by atoms with E-state index in [9.17, 15) is 0 Å². The van der Waals surface area contributed by atoms with Gasteiger partial charge in [0.15, 0.2) is 0 Å². The molecule has 1 aromatic rings. The number of methoxy groups -OCH3 is 1. The van der Waals surface area contributed by atoms with Gasteiger partial charge >= 0.3 is 0 Å². The summed E-state index contributed by atoms with van der Waals surface area (Å²) in [6.07, 6.45) is 0. The molecule has 1 aromatic carbocycles. The Balaban J connectivity index is 3.29. The van der Waals surface area contributed by atoms with E-state index in [1.165, 1.54) is 11.1 Å². The predicted molar refractivity (Wildman–Crippen MR) is 56.4 cm³/mol. The number of aryl methyl sites for hydroxylation is 1. The van der Waals surface area contributed by atoms with Crippen molar-refractivity contribution < 1.29 is 4.74 Å². The molecule has 0 bridgehead atoms. The van der Waals surface area contributed by atoms with Crippen LogP contribution in [0.2, 0.25) is 0 Å². The van der Waals surface area contributed by atoms with Crippen LogP contribution in [-0.4, -0.2) is 7.11 Å². The number of hydrogen-bond acceptors (Lipinski definition) is 1. The number of benzene rings is 1. The van der Waals surface area contributed by atoms with Crippen molar-refractivity contribution in [3.8, 4) is 5.75 Å². The molecule has 72 valence electrons. The third-order valence-electron chi connectivity index (χ3n) is 2.22. The van der Waals surface area contributed by atoms with E-state index >= 15 is 0 Å². The Hall–Kier alpha value is -0.980. The van der Waals surface area contributed by atoms with Gasteiger partial charge in [-0.25, -0.2) is 0 Å². The molecular weight excluding hydrogens is 160 g/mol. The fraction of sp³-hybridized carbons (Fsp3) is 0.500. The quantitative estimate of drug-likeness (QED) is 0.641. The lowest BCUT2D eigenvalue weighted by Gasteiger charge is -2.23. The van der Waals surface area contributed by atoms with Crippen LogP contribution in [0.5, 0.6) is 5.75 Å². The number of ether oxygens (including phenoxy) is 1. The average molecular weight is 178 g/mol. The Morgan fingerprint density at radius 3 is 2.15 bits per heavy atom. The normalized spacial score (nSPS) is 11.5. The topological polar surface area (TPSA) is 9.23 Å². The van der Waals surface area contributed by atoms with Crippen LogP contribution in [-0.2, 0) is 5.41 Å². The fourth-order valence-electron chi connectivity index (χ4n) is 1.51. The SMILES string of the molecule is COc1c(C)cccc1C(C)(C)C. The van der Waals surface area contributed by atoms with Gasteiger partial charge in [0, 0.05) is 0 Å². The molecule has 0 aliphatic heterocycles. The van der Waals surface area contributed by atoms with E-state index in [1.807, 2.05) is 0 Å². The maximum absolute atomic E-state index is 5.40. The third kappa shape index (κ3) is 2.03. The Bertz CT molecular complexity index is 294. The molecule has 13 heavy (non-hydrogen) atoms. The van der Waals surface area contributed by atoms with Crippen LogP contribution in [0.4, 0.5) is 0 Å². The van der Waals surface area contributed by atoms with Gasteiger partial charge in [0.25, 0.3) is 0 Å². The summed E-state index contributed by atoms with van der Waals surface area (Å²) in [7, 11) is 1.73. The van der Waals surface area contributed by atoms with E-state index in [-0.39, 0.29) is 5.41 Å². The zero-order valence-corrected chi connectivity index (χ0v) is 9.14. The summed E-state index contributed by atoms with van der Waals surface area (Å²) < 4.78 is 5.40. The maximum atomic E-state index is 5.40. The first-order valence-corrected chi connectivity index (χ1v) is 4.61. The van der Waals surface area contributed by atoms with Crippen LogP contribution in [0.1, 0.15) is 31.9 Å². The van der Waals surface area contributed by atoms with Gasteiger partial charge in [-0.05, 0) is 23.5 Å². The Labute approximate surface area is 80.7 Å². The first-order valence-electron chi connectivity index (χ1n) is 4.61. The smallest absolute Gasteiger partial charge is 0.125 e. The molecule has 0 amide bonds. The van der Waals surface area contributed by atoms with Gasteiger partial charge in [0.05, 0.1) is 7.11 Å². The van der Waals surface area contributed by atoms with Crippen LogP contribution in [0, 0.1) is 6.92 Å². The molecule has 0 saturated heterocycles. The molecule has 0 spiro atoms. The van der Waals surface area contributed by atoms with E-state index in [2.05, 4.69) is 45.9 Å². The third-order valence-corrected chi connectivity index (χ3v) is 2.22. The van der Waals surface area contributed by atoms with Gasteiger partial charge < -0.3 is 4.74 Å². The summed E-state index contributed by atoms with van der Waals surface area (Å²) in [6.45, 7) is 8.67. The van der Waals surface area contributed by atoms with Crippen LogP contribution in [0.3, 0.4) is 0 Å². The Morgan fingerprint density at radius 2 is 1.77 bits per heavy atom. The molecule has 0 atom stereocenters. The zero-order valence-electron chi connectivity index (χ0n) is 9.14. The van der Waals surface area contributed by atoms with Crippen molar-refractivity contribution in [2.75, 3.05) is 7.11 Å². The minimum atomic E-state index is 0.150. The minimum Gasteiger partial charge on any atom is -0.496 e. The lowest BCUT2D eigenvalue weighted by molar-refractivity contribution is 0.394. The predicted octanol–water partition coefficient (Wildman–Crippen LogP) is 3.30. The van der Waals surface area contributed by atoms with Crippen molar-refractivity contribution >= 4 is 0 Å². The lowest BCUT2D eigenvalue weighted by Crippen LogP contribution is -2.13. The van der Waals surface area contributed by atoms with Crippen molar-refractivity contribution in [1.82, 2.24) is 0 Å². The molecule has 0 aliphatic rings. The number of hydrogen-bond donors (Lipinski definition) is 0. The van der Waals surface area contributed by atoms with Gasteiger partial charge in [0.2, 0.25) is 0 Å². The number of para-hydroxylation sites is 1. The van der Waals surface area contributed by atoms with E-state index in [0.717, 1.165) is 5.75 Å². The largest absolute Gasteiger partial charge is 0.496 e. The molecule has 0 heterocycles. The second-order valence-corrected chi connectivity index (χ2v) is 4.41. The van der Waals surface area contributed by atoms with Crippen molar-refractivity contribution in [3.05, 3.63) is 29.3 Å². The highest BCUT2D eigenvalue weighted by Crippen LogP contribution is 2.33. The molecule has 0 unspecified atom stereocenters. The molecule has 0 aromatic heterocycles. The Kier molecular flexibility index (Phi) is 2.65. The van der Waals surface area contributed by atoms with Crippen LogP contribution >= 0.6 is 0 Å². The summed E-state index contributed by atoms with van der Waals surface area (Å²) in [4.78, 5) is 0. The summed E-state index contributed by atoms with van der Waals surface area (Å²) in [5.74, 6) is 1.02. The van der Waals surface area contributed by atoms with Crippen molar-refractivity contribution in [2.24, 2.45) is 0 Å². The molecule has 0 radical (unpaired) electrons. The van der Waals surface area contributed by atoms with Crippen LogP contribution < -0.4 is 4.74 Å². The van der Waals surface area contributed by atoms with E-state index in [4.69, 9.17) is 4.74 Å². The lowest BCUT2D eigenvalue weighted by atomic mass is 9.85. The molecule has 1 nitrogen and oxygen atoms in total. The van der Waals surface area contributed by atoms with E-state index in [0.29, 0.717) is 0 Å². The molecule has 1 rings (SSSR count). The average Bonchev–Trinajstić information content (AvgIpc) is 2.02. The van der Waals surface area contributed by atoms with E-state index in [1.54, 1.807) is 7.11 Å². The molecule has 0 N–H and O–H groups in total. The summed E-state index contributed by atoms with van der Waals surface area (Å²) in [5, 5.41) is 0. The standard InChI is InChI=1S/C12H18O/c1-9-7-6-8-10(11(9)13-5)12(2,3)4/h6-8H,1-5H3. The van der Waals surface area contributed by atoms with Gasteiger partial charge in [0.1, 0.15) is 5.75 Å². The second kappa shape index (κ2) is 3.41. The minimum absolute atomic E-state index is 0.150. The molecule has 0 saturated carbocycles. The van der Waals surface area contributed by atoms with Gasteiger partial charge in [-0.3, -0.25) is 0 Å². The van der Waals surface area contributed by atoms with Gasteiger partial charge in [-0.2, -0.15) is 0 Å². The first-order chi connectivity index (χ1) is 5.96. The zero-order chi connectivity index (χ0) is 10.1. The second-order valence-electron chi connectivity index (χ2n) is 4.41. The first kappa shape index (κ1) is 10.1. The molecule has 0 aliphatic carbocycles. The molecular formula is C12H18O. The highest BCUT2D eigenvalue weighted by atomic mass is 16.5. The molecule has 0 fully saturated rings. The highest BCUT2D eigenvalue weighted by Gasteiger charge is 2.19. The summed E-state index contributed by atoms with van der Waals surface area (Å²) in [5.41, 5.74) is 2.63. The summed E-state index contributed by atoms with van der Waals surface area (Å²) >= 11 is 0. The van der Waals surface area contributed by atoms with Crippen LogP contribution in [0.15, 0.2) is 18.2 Å². The molecule has 1 heteroatoms. The van der Waals surface area contributed by atoms with E-state index < -0.39 is 0 Å². The van der Waals surface area contributed by atoms with Crippen molar-refractivity contribution in [3.63, 3.8) is 0 Å².